The maximum atomic E-state index is 14.7. The van der Waals surface area contributed by atoms with Crippen molar-refractivity contribution in [3.63, 3.8) is 0 Å². The van der Waals surface area contributed by atoms with Crippen molar-refractivity contribution in [2.24, 2.45) is 0 Å². The summed E-state index contributed by atoms with van der Waals surface area (Å²) in [4.78, 5) is 14.5. The van der Waals surface area contributed by atoms with Crippen molar-refractivity contribution < 1.29 is 32.2 Å². The van der Waals surface area contributed by atoms with Crippen molar-refractivity contribution in [2.75, 3.05) is 35.0 Å². The average Bonchev–Trinajstić information content (AvgIpc) is 3.06. The Kier molecular flexibility index (Phi) is 9.48. The summed E-state index contributed by atoms with van der Waals surface area (Å²) >= 11 is 0. The van der Waals surface area contributed by atoms with E-state index in [0.29, 0.717) is 42.3 Å². The van der Waals surface area contributed by atoms with Gasteiger partial charge in [0.15, 0.2) is 11.5 Å². The smallest absolute Gasteiger partial charge is 0.337 e. The van der Waals surface area contributed by atoms with Crippen LogP contribution in [-0.2, 0) is 27.5 Å². The highest BCUT2D eigenvalue weighted by atomic mass is 32.2. The van der Waals surface area contributed by atoms with E-state index in [2.05, 4.69) is 0 Å². The predicted molar refractivity (Wildman–Crippen MR) is 173 cm³/mol. The van der Waals surface area contributed by atoms with Gasteiger partial charge in [0, 0.05) is 25.2 Å². The lowest BCUT2D eigenvalue weighted by molar-refractivity contribution is 0.0600. The molecule has 234 valence electrons. The highest BCUT2D eigenvalue weighted by molar-refractivity contribution is 7.95. The molecule has 9 heteroatoms. The second-order valence-electron chi connectivity index (χ2n) is 10.9. The van der Waals surface area contributed by atoms with Gasteiger partial charge in [0.05, 0.1) is 43.8 Å². The number of benzene rings is 4. The lowest BCUT2D eigenvalue weighted by Crippen LogP contribution is -2.27. The van der Waals surface area contributed by atoms with Gasteiger partial charge in [0.1, 0.15) is 5.75 Å². The van der Waals surface area contributed by atoms with Crippen LogP contribution in [0.25, 0.3) is 0 Å². The van der Waals surface area contributed by atoms with Gasteiger partial charge in [0.2, 0.25) is 9.84 Å². The fraction of sp³-hybridized carbons (Fsp3) is 0.250. The maximum absolute atomic E-state index is 14.7. The maximum Gasteiger partial charge on any atom is 0.337 e. The Hall–Kier alpha value is -4.76. The lowest BCUT2D eigenvalue weighted by Gasteiger charge is -2.32. The third-order valence-corrected chi connectivity index (χ3v) is 9.92. The first-order valence-corrected chi connectivity index (χ1v) is 16.0. The van der Waals surface area contributed by atoms with Crippen LogP contribution in [0.3, 0.4) is 0 Å². The molecule has 0 N–H and O–H groups in total. The fourth-order valence-electron chi connectivity index (χ4n) is 5.60. The van der Waals surface area contributed by atoms with Crippen molar-refractivity contribution in [3.8, 4) is 17.2 Å². The van der Waals surface area contributed by atoms with Gasteiger partial charge in [-0.05, 0) is 84.1 Å². The summed E-state index contributed by atoms with van der Waals surface area (Å²) in [5.41, 5.74) is 4.88. The highest BCUT2D eigenvalue weighted by Crippen LogP contribution is 2.44. The topological polar surface area (TPSA) is 91.4 Å². The van der Waals surface area contributed by atoms with Crippen molar-refractivity contribution in [1.29, 1.82) is 0 Å². The summed E-state index contributed by atoms with van der Waals surface area (Å²) in [6.07, 6.45) is 2.40. The molecule has 0 saturated carbocycles. The second-order valence-corrected chi connectivity index (χ2v) is 12.8. The zero-order valence-electron chi connectivity index (χ0n) is 26.1. The van der Waals surface area contributed by atoms with E-state index in [4.69, 9.17) is 18.9 Å². The number of sulfone groups is 1. The standard InChI is InChI=1S/C36H37NO7S/c1-24-6-16-30(17-7-24)45(39,40)34-23-37(22-25-8-10-27(11-9-25)36(38)44-5)19-18-28-20-32(42-3)33(43-4)21-31(28)35(34)26-12-14-29(41-2)15-13-26/h6-17,20-21,23,35H,18-19,22H2,1-5H3/b34-23+. The number of methoxy groups -OCH3 is 4. The van der Waals surface area contributed by atoms with E-state index in [1.165, 1.54) is 7.11 Å². The van der Waals surface area contributed by atoms with E-state index in [-0.39, 0.29) is 9.80 Å². The molecule has 0 radical (unpaired) electrons. The van der Waals surface area contributed by atoms with Gasteiger partial charge >= 0.3 is 5.97 Å². The van der Waals surface area contributed by atoms with Crippen LogP contribution in [0.5, 0.6) is 17.2 Å². The van der Waals surface area contributed by atoms with Gasteiger partial charge < -0.3 is 23.8 Å². The molecule has 45 heavy (non-hydrogen) atoms. The van der Waals surface area contributed by atoms with Crippen LogP contribution in [-0.4, -0.2) is 54.3 Å². The number of allylic oxidation sites excluding steroid dienone is 1. The van der Waals surface area contributed by atoms with Crippen LogP contribution in [0.1, 0.15) is 44.1 Å². The van der Waals surface area contributed by atoms with Crippen LogP contribution in [0.15, 0.2) is 101 Å². The first-order chi connectivity index (χ1) is 21.7. The van der Waals surface area contributed by atoms with E-state index in [1.807, 2.05) is 60.4 Å². The molecule has 8 nitrogen and oxygen atoms in total. The van der Waals surface area contributed by atoms with Crippen LogP contribution in [0.4, 0.5) is 0 Å². The number of carbonyl (C=O) groups excluding carboxylic acids is 1. The minimum absolute atomic E-state index is 0.211. The Morgan fingerprint density at radius 2 is 1.47 bits per heavy atom. The lowest BCUT2D eigenvalue weighted by atomic mass is 9.85. The molecule has 4 aromatic rings. The molecule has 0 aliphatic carbocycles. The molecule has 1 heterocycles. The van der Waals surface area contributed by atoms with Crippen molar-refractivity contribution in [3.05, 3.63) is 129 Å². The Bertz CT molecular complexity index is 1800. The van der Waals surface area contributed by atoms with E-state index in [9.17, 15) is 13.2 Å². The van der Waals surface area contributed by atoms with Gasteiger partial charge in [-0.15, -0.1) is 0 Å². The number of fused-ring (bicyclic) bond motifs is 1. The molecule has 1 atom stereocenters. The summed E-state index contributed by atoms with van der Waals surface area (Å²) in [5.74, 6) is 0.678. The minimum atomic E-state index is -4.00. The highest BCUT2D eigenvalue weighted by Gasteiger charge is 2.35. The summed E-state index contributed by atoms with van der Waals surface area (Å²) < 4.78 is 51.0. The number of aryl methyl sites for hydroxylation is 1. The molecular weight excluding hydrogens is 590 g/mol. The summed E-state index contributed by atoms with van der Waals surface area (Å²) in [5, 5.41) is 0. The zero-order chi connectivity index (χ0) is 32.1. The van der Waals surface area contributed by atoms with Gasteiger partial charge in [-0.3, -0.25) is 0 Å². The molecule has 0 spiro atoms. The number of carbonyl (C=O) groups is 1. The van der Waals surface area contributed by atoms with Crippen LogP contribution >= 0.6 is 0 Å². The number of ether oxygens (including phenoxy) is 4. The Labute approximate surface area is 264 Å². The van der Waals surface area contributed by atoms with Crippen LogP contribution < -0.4 is 14.2 Å². The third kappa shape index (κ3) is 6.68. The third-order valence-electron chi connectivity index (χ3n) is 8.07. The van der Waals surface area contributed by atoms with Gasteiger partial charge in [-0.25, -0.2) is 13.2 Å². The monoisotopic (exact) mass is 627 g/mol. The molecule has 4 aromatic carbocycles. The first kappa shape index (κ1) is 31.7. The second kappa shape index (κ2) is 13.5. The van der Waals surface area contributed by atoms with E-state index < -0.39 is 21.7 Å². The first-order valence-electron chi connectivity index (χ1n) is 14.5. The Balaban J connectivity index is 1.73. The van der Waals surface area contributed by atoms with Crippen LogP contribution in [0, 0.1) is 6.92 Å². The number of hydrogen-bond acceptors (Lipinski definition) is 8. The molecule has 5 rings (SSSR count). The normalized spacial score (nSPS) is 16.0. The Morgan fingerprint density at radius 3 is 2.07 bits per heavy atom. The van der Waals surface area contributed by atoms with E-state index in [0.717, 1.165) is 27.8 Å². The minimum Gasteiger partial charge on any atom is -0.497 e. The molecule has 1 aliphatic rings. The largest absolute Gasteiger partial charge is 0.497 e. The number of esters is 1. The molecular formula is C36H37NO7S. The predicted octanol–water partition coefficient (Wildman–Crippen LogP) is 6.31. The average molecular weight is 628 g/mol. The van der Waals surface area contributed by atoms with E-state index in [1.54, 1.807) is 63.9 Å². The molecule has 0 saturated heterocycles. The quantitative estimate of drug-likeness (QED) is 0.199. The molecule has 0 amide bonds. The SMILES string of the molecule is COC(=O)c1ccc(CN2/C=C(/S(=O)(=O)c3ccc(C)cc3)C(c3ccc(OC)cc3)c3cc(OC)c(OC)cc3CC2)cc1. The molecule has 0 bridgehead atoms. The van der Waals surface area contributed by atoms with Gasteiger partial charge in [0.25, 0.3) is 0 Å². The summed E-state index contributed by atoms with van der Waals surface area (Å²) in [7, 11) is 2.10. The molecule has 1 unspecified atom stereocenters. The van der Waals surface area contributed by atoms with Gasteiger partial charge in [-0.2, -0.15) is 0 Å². The fourth-order valence-corrected chi connectivity index (χ4v) is 7.23. The van der Waals surface area contributed by atoms with Crippen molar-refractivity contribution >= 4 is 15.8 Å². The number of hydrogen-bond donors (Lipinski definition) is 0. The number of nitrogens with zero attached hydrogens (tertiary/aromatic N) is 1. The molecule has 1 aliphatic heterocycles. The van der Waals surface area contributed by atoms with Crippen molar-refractivity contribution in [1.82, 2.24) is 4.90 Å². The van der Waals surface area contributed by atoms with Gasteiger partial charge in [-0.1, -0.05) is 42.0 Å². The van der Waals surface area contributed by atoms with Crippen LogP contribution in [0.2, 0.25) is 0 Å². The zero-order valence-corrected chi connectivity index (χ0v) is 26.9. The van der Waals surface area contributed by atoms with Crippen molar-refractivity contribution in [2.45, 2.75) is 30.7 Å². The van der Waals surface area contributed by atoms with E-state index >= 15 is 0 Å². The molecule has 0 fully saturated rings. The summed E-state index contributed by atoms with van der Waals surface area (Å²) in [6, 6.07) is 25.4. The molecule has 0 aromatic heterocycles. The number of rotatable bonds is 9. The summed E-state index contributed by atoms with van der Waals surface area (Å²) in [6.45, 7) is 2.88. The Morgan fingerprint density at radius 1 is 0.822 bits per heavy atom.